The van der Waals surface area contributed by atoms with Crippen LogP contribution in [0.4, 0.5) is 11.4 Å². The number of nitro groups is 1. The fourth-order valence-electron chi connectivity index (χ4n) is 2.48. The lowest BCUT2D eigenvalue weighted by atomic mass is 10.0. The van der Waals surface area contributed by atoms with Gasteiger partial charge in [-0.3, -0.25) is 14.9 Å². The maximum atomic E-state index is 12.2. The Morgan fingerprint density at radius 1 is 1.24 bits per heavy atom. The molecule has 0 fully saturated rings. The number of carbonyl (C=O) groups is 1. The van der Waals surface area contributed by atoms with E-state index in [0.717, 1.165) is 17.5 Å². The third-order valence-corrected chi connectivity index (χ3v) is 4.09. The molecule has 2 aromatic carbocycles. The number of hydrogen-bond acceptors (Lipinski definition) is 4. The van der Waals surface area contributed by atoms with Crippen molar-refractivity contribution < 1.29 is 14.5 Å². The van der Waals surface area contributed by atoms with Crippen molar-refractivity contribution in [3.05, 3.63) is 62.7 Å². The third kappa shape index (κ3) is 4.70. The second-order valence-electron chi connectivity index (χ2n) is 5.36. The summed E-state index contributed by atoms with van der Waals surface area (Å²) in [5.41, 5.74) is 2.49. The molecule has 25 heavy (non-hydrogen) atoms. The predicted octanol–water partition coefficient (Wildman–Crippen LogP) is 4.39. The molecular formula is C18H19ClN2O4. The Kier molecular flexibility index (Phi) is 6.36. The van der Waals surface area contributed by atoms with E-state index in [1.165, 1.54) is 18.2 Å². The Balaban J connectivity index is 2.09. The van der Waals surface area contributed by atoms with Crippen molar-refractivity contribution in [2.45, 2.75) is 26.7 Å². The molecule has 6 nitrogen and oxygen atoms in total. The third-order valence-electron chi connectivity index (χ3n) is 3.74. The Labute approximate surface area is 150 Å². The first-order chi connectivity index (χ1) is 12.0. The van der Waals surface area contributed by atoms with Crippen LogP contribution in [0.1, 0.15) is 25.0 Å². The monoisotopic (exact) mass is 362 g/mol. The average Bonchev–Trinajstić information content (AvgIpc) is 2.60. The van der Waals surface area contributed by atoms with E-state index in [0.29, 0.717) is 17.1 Å². The fourth-order valence-corrected chi connectivity index (χ4v) is 2.77. The average molecular weight is 363 g/mol. The van der Waals surface area contributed by atoms with Crippen molar-refractivity contribution in [1.82, 2.24) is 0 Å². The first kappa shape index (κ1) is 18.7. The highest BCUT2D eigenvalue weighted by Crippen LogP contribution is 2.29. The number of non-ortho nitro benzene ring substituents is 1. The highest BCUT2D eigenvalue weighted by molar-refractivity contribution is 6.32. The molecule has 0 saturated carbocycles. The van der Waals surface area contributed by atoms with Gasteiger partial charge in [0, 0.05) is 16.8 Å². The number of nitro benzene ring substituents is 1. The molecule has 0 aliphatic rings. The summed E-state index contributed by atoms with van der Waals surface area (Å²) in [6.07, 6.45) is 1.44. The van der Waals surface area contributed by atoms with Crippen LogP contribution in [-0.2, 0) is 17.6 Å². The number of nitrogens with one attached hydrogen (secondary N) is 1. The molecule has 0 aliphatic heterocycles. The van der Waals surface area contributed by atoms with Crippen molar-refractivity contribution in [3.63, 3.8) is 0 Å². The van der Waals surface area contributed by atoms with Crippen molar-refractivity contribution in [2.24, 2.45) is 0 Å². The van der Waals surface area contributed by atoms with Gasteiger partial charge in [0.1, 0.15) is 5.75 Å². The summed E-state index contributed by atoms with van der Waals surface area (Å²) >= 11 is 6.22. The molecule has 0 radical (unpaired) electrons. The molecule has 0 saturated heterocycles. The molecule has 7 heteroatoms. The van der Waals surface area contributed by atoms with Crippen LogP contribution in [-0.4, -0.2) is 17.4 Å². The summed E-state index contributed by atoms with van der Waals surface area (Å²) in [4.78, 5) is 22.5. The molecule has 1 amide bonds. The van der Waals surface area contributed by atoms with Crippen LogP contribution in [0.15, 0.2) is 36.4 Å². The van der Waals surface area contributed by atoms with Gasteiger partial charge in [0.2, 0.25) is 0 Å². The van der Waals surface area contributed by atoms with E-state index in [-0.39, 0.29) is 24.0 Å². The van der Waals surface area contributed by atoms with Crippen LogP contribution in [0.3, 0.4) is 0 Å². The number of ether oxygens (including phenoxy) is 1. The van der Waals surface area contributed by atoms with Crippen LogP contribution in [0.25, 0.3) is 0 Å². The largest absolute Gasteiger partial charge is 0.484 e. The minimum absolute atomic E-state index is 0.0886. The number of aryl methyl sites for hydroxylation is 1. The van der Waals surface area contributed by atoms with Crippen molar-refractivity contribution in [2.75, 3.05) is 11.9 Å². The van der Waals surface area contributed by atoms with Gasteiger partial charge >= 0.3 is 0 Å². The minimum atomic E-state index is -0.514. The minimum Gasteiger partial charge on any atom is -0.484 e. The zero-order valence-electron chi connectivity index (χ0n) is 14.0. The van der Waals surface area contributed by atoms with Gasteiger partial charge in [0.25, 0.3) is 11.6 Å². The molecule has 0 atom stereocenters. The number of hydrogen-bond donors (Lipinski definition) is 1. The molecule has 0 aromatic heterocycles. The van der Waals surface area contributed by atoms with Crippen LogP contribution >= 0.6 is 11.6 Å². The van der Waals surface area contributed by atoms with E-state index in [1.807, 2.05) is 26.0 Å². The second kappa shape index (κ2) is 8.48. The van der Waals surface area contributed by atoms with Gasteiger partial charge in [-0.05, 0) is 36.1 Å². The molecule has 132 valence electrons. The molecule has 0 unspecified atom stereocenters. The summed E-state index contributed by atoms with van der Waals surface area (Å²) in [6, 6.07) is 9.43. The number of anilines is 1. The maximum absolute atomic E-state index is 12.2. The van der Waals surface area contributed by atoms with Gasteiger partial charge in [0.15, 0.2) is 6.61 Å². The smallest absolute Gasteiger partial charge is 0.273 e. The molecule has 0 heterocycles. The van der Waals surface area contributed by atoms with E-state index >= 15 is 0 Å². The lowest BCUT2D eigenvalue weighted by Crippen LogP contribution is -2.22. The van der Waals surface area contributed by atoms with Gasteiger partial charge < -0.3 is 10.1 Å². The van der Waals surface area contributed by atoms with E-state index in [4.69, 9.17) is 16.3 Å². The summed E-state index contributed by atoms with van der Waals surface area (Å²) in [5.74, 6) is -0.0833. The topological polar surface area (TPSA) is 81.5 Å². The van der Waals surface area contributed by atoms with Crippen molar-refractivity contribution >= 4 is 28.9 Å². The number of amides is 1. The molecule has 1 N–H and O–H groups in total. The van der Waals surface area contributed by atoms with Crippen molar-refractivity contribution in [3.8, 4) is 5.75 Å². The summed E-state index contributed by atoms with van der Waals surface area (Å²) < 4.78 is 5.36. The van der Waals surface area contributed by atoms with E-state index in [1.54, 1.807) is 6.07 Å². The summed E-state index contributed by atoms with van der Waals surface area (Å²) in [7, 11) is 0. The van der Waals surface area contributed by atoms with Gasteiger partial charge in [-0.2, -0.15) is 0 Å². The standard InChI is InChI=1S/C18H19ClN2O4/c1-3-12-8-9-16(19)15(4-2)18(12)20-17(22)11-25-14-7-5-6-13(10-14)21(23)24/h5-10H,3-4,11H2,1-2H3,(H,20,22). The van der Waals surface area contributed by atoms with Crippen LogP contribution in [0.5, 0.6) is 5.75 Å². The first-order valence-electron chi connectivity index (χ1n) is 7.93. The molecule has 2 aromatic rings. The number of benzene rings is 2. The molecule has 0 spiro atoms. The van der Waals surface area contributed by atoms with E-state index in [9.17, 15) is 14.9 Å². The molecule has 0 bridgehead atoms. The fraction of sp³-hybridized carbons (Fsp3) is 0.278. The maximum Gasteiger partial charge on any atom is 0.273 e. The summed E-state index contributed by atoms with van der Waals surface area (Å²) in [6.45, 7) is 3.72. The highest BCUT2D eigenvalue weighted by Gasteiger charge is 2.14. The van der Waals surface area contributed by atoms with Crippen LogP contribution in [0.2, 0.25) is 5.02 Å². The lowest BCUT2D eigenvalue weighted by Gasteiger charge is -2.16. The van der Waals surface area contributed by atoms with Crippen LogP contribution < -0.4 is 10.1 Å². The van der Waals surface area contributed by atoms with Gasteiger partial charge in [-0.25, -0.2) is 0 Å². The Morgan fingerprint density at radius 3 is 2.64 bits per heavy atom. The Bertz CT molecular complexity index is 793. The zero-order valence-corrected chi connectivity index (χ0v) is 14.8. The van der Waals surface area contributed by atoms with Gasteiger partial charge in [-0.15, -0.1) is 0 Å². The van der Waals surface area contributed by atoms with Crippen LogP contribution in [0, 0.1) is 10.1 Å². The number of carbonyl (C=O) groups excluding carboxylic acids is 1. The van der Waals surface area contributed by atoms with Crippen molar-refractivity contribution in [1.29, 1.82) is 0 Å². The molecule has 2 rings (SSSR count). The number of nitrogens with zero attached hydrogens (tertiary/aromatic N) is 1. The normalized spacial score (nSPS) is 10.4. The quantitative estimate of drug-likeness (QED) is 0.585. The second-order valence-corrected chi connectivity index (χ2v) is 5.77. The van der Waals surface area contributed by atoms with E-state index in [2.05, 4.69) is 5.32 Å². The Morgan fingerprint density at radius 2 is 2.00 bits per heavy atom. The molecular weight excluding hydrogens is 344 g/mol. The summed E-state index contributed by atoms with van der Waals surface area (Å²) in [5, 5.41) is 14.2. The first-order valence-corrected chi connectivity index (χ1v) is 8.31. The highest BCUT2D eigenvalue weighted by atomic mass is 35.5. The van der Waals surface area contributed by atoms with E-state index < -0.39 is 4.92 Å². The predicted molar refractivity (Wildman–Crippen MR) is 97.4 cm³/mol. The Hall–Kier alpha value is -2.60. The van der Waals surface area contributed by atoms with Gasteiger partial charge in [0.05, 0.1) is 11.0 Å². The van der Waals surface area contributed by atoms with Gasteiger partial charge in [-0.1, -0.05) is 37.6 Å². The number of halogens is 1. The molecule has 0 aliphatic carbocycles. The number of rotatable bonds is 7. The SMILES string of the molecule is CCc1ccc(Cl)c(CC)c1NC(=O)COc1cccc([N+](=O)[O-])c1. The zero-order chi connectivity index (χ0) is 18.4. The lowest BCUT2D eigenvalue weighted by molar-refractivity contribution is -0.384.